The SMILES string of the molecule is CCCOCn1cc(-c2nc(C(O)(CNC(=O)c3ccc(OCCO)c(OC)c3)C(F)(F)F)cc3c2OCC3(C)NS(=O)C(C)(C)C)c2cccc(F)c21. The molecule has 2 aromatic heterocycles. The summed E-state index contributed by atoms with van der Waals surface area (Å²) in [7, 11) is -0.426. The Bertz CT molecular complexity index is 2040. The first-order valence-corrected chi connectivity index (χ1v) is 18.3. The van der Waals surface area contributed by atoms with E-state index in [1.807, 2.05) is 6.92 Å². The van der Waals surface area contributed by atoms with Gasteiger partial charge in [-0.25, -0.2) is 18.3 Å². The molecule has 0 bridgehead atoms. The number of benzene rings is 2. The number of ether oxygens (including phenoxy) is 4. The van der Waals surface area contributed by atoms with Crippen molar-refractivity contribution in [3.8, 4) is 28.5 Å². The maximum atomic E-state index is 15.4. The van der Waals surface area contributed by atoms with Crippen LogP contribution in [0.3, 0.4) is 0 Å². The summed E-state index contributed by atoms with van der Waals surface area (Å²) in [5, 5.41) is 23.2. The van der Waals surface area contributed by atoms with E-state index >= 15 is 17.6 Å². The van der Waals surface area contributed by atoms with E-state index in [1.54, 1.807) is 33.8 Å². The Morgan fingerprint density at radius 1 is 1.13 bits per heavy atom. The number of rotatable bonds is 15. The van der Waals surface area contributed by atoms with E-state index in [2.05, 4.69) is 15.0 Å². The maximum absolute atomic E-state index is 15.4. The van der Waals surface area contributed by atoms with Gasteiger partial charge in [0.1, 0.15) is 31.5 Å². The van der Waals surface area contributed by atoms with E-state index in [1.165, 1.54) is 48.2 Å². The zero-order valence-corrected chi connectivity index (χ0v) is 31.5. The first kappa shape index (κ1) is 40.9. The predicted molar refractivity (Wildman–Crippen MR) is 193 cm³/mol. The number of nitrogens with one attached hydrogen (secondary N) is 2. The summed E-state index contributed by atoms with van der Waals surface area (Å²) in [6, 6.07) is 9.18. The number of aromatic nitrogens is 2. The quantitative estimate of drug-likeness (QED) is 0.0913. The van der Waals surface area contributed by atoms with Crippen molar-refractivity contribution >= 4 is 27.8 Å². The van der Waals surface area contributed by atoms with E-state index in [9.17, 15) is 14.1 Å². The Morgan fingerprint density at radius 2 is 1.87 bits per heavy atom. The van der Waals surface area contributed by atoms with Crippen molar-refractivity contribution < 1.29 is 55.7 Å². The number of aliphatic hydroxyl groups excluding tert-OH is 1. The molecule has 0 radical (unpaired) electrons. The van der Waals surface area contributed by atoms with Gasteiger partial charge in [-0.2, -0.15) is 13.2 Å². The molecule has 0 aliphatic carbocycles. The summed E-state index contributed by atoms with van der Waals surface area (Å²) in [4.78, 5) is 17.6. The van der Waals surface area contributed by atoms with Gasteiger partial charge in [-0.05, 0) is 64.4 Å². The number of carbonyl (C=O) groups excluding carboxylic acids is 1. The normalized spacial score (nSPS) is 17.5. The molecule has 17 heteroatoms. The highest BCUT2D eigenvalue weighted by Crippen LogP contribution is 2.49. The first-order chi connectivity index (χ1) is 25.4. The van der Waals surface area contributed by atoms with Crippen molar-refractivity contribution in [3.05, 3.63) is 71.3 Å². The second kappa shape index (κ2) is 15.8. The molecular weight excluding hydrogens is 736 g/mol. The Kier molecular flexibility index (Phi) is 12.0. The Morgan fingerprint density at radius 3 is 2.52 bits per heavy atom. The summed E-state index contributed by atoms with van der Waals surface area (Å²) in [6.07, 6.45) is -3.22. The van der Waals surface area contributed by atoms with Crippen LogP contribution in [-0.4, -0.2) is 80.9 Å². The molecular formula is C37H44F4N4O8S. The lowest BCUT2D eigenvalue weighted by molar-refractivity contribution is -0.265. The van der Waals surface area contributed by atoms with E-state index in [0.29, 0.717) is 13.0 Å². The van der Waals surface area contributed by atoms with Crippen LogP contribution in [0.15, 0.2) is 48.7 Å². The van der Waals surface area contributed by atoms with E-state index in [4.69, 9.17) is 24.1 Å². The fourth-order valence-electron chi connectivity index (χ4n) is 5.86. The second-order valence-corrected chi connectivity index (χ2v) is 16.0. The molecule has 0 spiro atoms. The van der Waals surface area contributed by atoms with Crippen LogP contribution < -0.4 is 24.2 Å². The van der Waals surface area contributed by atoms with Gasteiger partial charge in [0.2, 0.25) is 5.60 Å². The van der Waals surface area contributed by atoms with Crippen molar-refractivity contribution in [2.24, 2.45) is 0 Å². The van der Waals surface area contributed by atoms with Gasteiger partial charge in [-0.3, -0.25) is 4.79 Å². The van der Waals surface area contributed by atoms with Gasteiger partial charge >= 0.3 is 6.18 Å². The second-order valence-electron chi connectivity index (χ2n) is 14.0. The van der Waals surface area contributed by atoms with Gasteiger partial charge in [0, 0.05) is 34.9 Å². The number of carbonyl (C=O) groups is 1. The molecule has 1 aliphatic heterocycles. The minimum Gasteiger partial charge on any atom is -0.493 e. The summed E-state index contributed by atoms with van der Waals surface area (Å²) >= 11 is 0. The Hall–Kier alpha value is -4.29. The van der Waals surface area contributed by atoms with Crippen LogP contribution in [-0.2, 0) is 33.6 Å². The third-order valence-corrected chi connectivity index (χ3v) is 10.6. The minimum absolute atomic E-state index is 0.0432. The lowest BCUT2D eigenvalue weighted by atomic mass is 9.89. The number of hydrogen-bond acceptors (Lipinski definition) is 9. The summed E-state index contributed by atoms with van der Waals surface area (Å²) in [6.45, 7) is 7.07. The number of nitrogens with zero attached hydrogens (tertiary/aromatic N) is 2. The number of para-hydroxylation sites is 1. The third-order valence-electron chi connectivity index (χ3n) is 8.80. The zero-order chi connectivity index (χ0) is 39.6. The van der Waals surface area contributed by atoms with Crippen molar-refractivity contribution in [3.63, 3.8) is 0 Å². The van der Waals surface area contributed by atoms with Crippen molar-refractivity contribution in [1.82, 2.24) is 19.6 Å². The highest BCUT2D eigenvalue weighted by molar-refractivity contribution is 7.84. The number of halogens is 4. The maximum Gasteiger partial charge on any atom is 0.424 e. The number of pyridine rings is 1. The van der Waals surface area contributed by atoms with Gasteiger partial charge in [-0.15, -0.1) is 0 Å². The summed E-state index contributed by atoms with van der Waals surface area (Å²) in [5.74, 6) is -1.27. The predicted octanol–water partition coefficient (Wildman–Crippen LogP) is 5.45. The summed E-state index contributed by atoms with van der Waals surface area (Å²) < 4.78 is 100. The molecule has 12 nitrogen and oxygen atoms in total. The molecule has 5 rings (SSSR count). The molecule has 3 atom stereocenters. The van der Waals surface area contributed by atoms with Crippen molar-refractivity contribution in [2.75, 3.05) is 40.1 Å². The molecule has 4 aromatic rings. The Labute approximate surface area is 312 Å². The molecule has 4 N–H and O–H groups in total. The van der Waals surface area contributed by atoms with Gasteiger partial charge in [0.25, 0.3) is 5.91 Å². The average molecular weight is 781 g/mol. The van der Waals surface area contributed by atoms with Gasteiger partial charge in [0.05, 0.1) is 52.7 Å². The van der Waals surface area contributed by atoms with E-state index < -0.39 is 57.0 Å². The number of methoxy groups -OCH3 is 1. The van der Waals surface area contributed by atoms with Gasteiger partial charge in [-0.1, -0.05) is 19.1 Å². The van der Waals surface area contributed by atoms with Gasteiger partial charge < -0.3 is 39.0 Å². The third kappa shape index (κ3) is 8.05. The molecule has 1 amide bonds. The largest absolute Gasteiger partial charge is 0.493 e. The number of hydrogen-bond donors (Lipinski definition) is 4. The van der Waals surface area contributed by atoms with Crippen LogP contribution in [0.1, 0.15) is 62.7 Å². The molecule has 0 saturated heterocycles. The highest BCUT2D eigenvalue weighted by atomic mass is 32.2. The number of aliphatic hydroxyl groups is 2. The van der Waals surface area contributed by atoms with Crippen LogP contribution >= 0.6 is 0 Å². The van der Waals surface area contributed by atoms with E-state index in [-0.39, 0.29) is 77.1 Å². The number of fused-ring (bicyclic) bond motifs is 2. The van der Waals surface area contributed by atoms with Gasteiger partial charge in [0.15, 0.2) is 17.2 Å². The smallest absolute Gasteiger partial charge is 0.424 e. The first-order valence-electron chi connectivity index (χ1n) is 17.1. The average Bonchev–Trinajstić information content (AvgIpc) is 3.66. The fraction of sp³-hybridized carbons (Fsp3) is 0.459. The molecule has 294 valence electrons. The molecule has 54 heavy (non-hydrogen) atoms. The molecule has 0 fully saturated rings. The molecule has 0 saturated carbocycles. The van der Waals surface area contributed by atoms with Crippen LogP contribution in [0, 0.1) is 5.82 Å². The number of amides is 1. The zero-order valence-electron chi connectivity index (χ0n) is 30.7. The number of alkyl halides is 3. The topological polar surface area (TPSA) is 153 Å². The van der Waals surface area contributed by atoms with Crippen molar-refractivity contribution in [2.45, 2.75) is 69.8 Å². The summed E-state index contributed by atoms with van der Waals surface area (Å²) in [5.41, 5.74) is -5.86. The van der Waals surface area contributed by atoms with Crippen LogP contribution in [0.2, 0.25) is 0 Å². The fourth-order valence-corrected chi connectivity index (χ4v) is 6.75. The molecule has 3 unspecified atom stereocenters. The highest BCUT2D eigenvalue weighted by Gasteiger charge is 2.57. The van der Waals surface area contributed by atoms with Crippen LogP contribution in [0.5, 0.6) is 17.2 Å². The lowest BCUT2D eigenvalue weighted by Crippen LogP contribution is -2.52. The molecule has 3 heterocycles. The molecule has 1 aliphatic rings. The van der Waals surface area contributed by atoms with E-state index in [0.717, 1.165) is 6.07 Å². The standard InChI is InChI=1S/C37H44F4N4O8S/c1-7-14-51-21-45-18-24(23-9-8-10-26(38)31(23)45)30-32-25(35(5,20-53-32)44-54(49)34(2,3)4)17-29(43-30)36(48,37(39,40)41)19-42-33(47)22-11-12-27(52-15-13-46)28(16-22)50-6/h8-12,16-18,44,46,48H,7,13-15,19-21H2,1-6H3,(H,42,47). The minimum atomic E-state index is -5.40. The van der Waals surface area contributed by atoms with Crippen molar-refractivity contribution in [1.29, 1.82) is 0 Å². The lowest BCUT2D eigenvalue weighted by Gasteiger charge is -2.32. The monoisotopic (exact) mass is 780 g/mol. The Balaban J connectivity index is 1.66. The van der Waals surface area contributed by atoms with Crippen LogP contribution in [0.25, 0.3) is 22.2 Å². The van der Waals surface area contributed by atoms with Crippen LogP contribution in [0.4, 0.5) is 17.6 Å². The molecule has 2 aromatic carbocycles.